The first-order chi connectivity index (χ1) is 39.8. The fourth-order valence-electron chi connectivity index (χ4n) is 8.19. The van der Waals surface area contributed by atoms with Crippen LogP contribution in [0.15, 0.2) is 121 Å². The van der Waals surface area contributed by atoms with Crippen LogP contribution >= 0.6 is 0 Å². The molecule has 2 aromatic heterocycles. The Labute approximate surface area is 449 Å². The number of hydrogen-bond donors (Lipinski definition) is 1. The van der Waals surface area contributed by atoms with E-state index in [9.17, 15) is 9.22 Å². The molecule has 1 N–H and O–H groups in total. The van der Waals surface area contributed by atoms with Crippen molar-refractivity contribution in [1.29, 1.82) is 0 Å². The molecule has 0 fully saturated rings. The van der Waals surface area contributed by atoms with Gasteiger partial charge in [-0.15, -0.1) is 29.3 Å². The van der Waals surface area contributed by atoms with Crippen molar-refractivity contribution in [1.82, 2.24) is 14.5 Å². The van der Waals surface area contributed by atoms with E-state index < -0.39 is 103 Å². The number of hydrogen-bond acceptors (Lipinski definition) is 3. The number of para-hydroxylation sites is 1. The van der Waals surface area contributed by atoms with E-state index in [1.165, 1.54) is 0 Å². The molecule has 8 rings (SSSR count). The minimum absolute atomic E-state index is 0. The number of pyridine rings is 1. The van der Waals surface area contributed by atoms with Gasteiger partial charge in [0.25, 0.3) is 0 Å². The van der Waals surface area contributed by atoms with Crippen LogP contribution in [0.2, 0.25) is 0 Å². The molecular weight excluding hydrogens is 1010 g/mol. The fraction of sp³-hybridized carbons (Fsp3) is 0.333. The molecule has 5 heteroatoms. The molecule has 8 aromatic rings. The summed E-state index contributed by atoms with van der Waals surface area (Å²) < 4.78 is 177. The van der Waals surface area contributed by atoms with Gasteiger partial charge in [0.15, 0.2) is 0 Å². The number of aryl methyl sites for hydroxylation is 1. The summed E-state index contributed by atoms with van der Waals surface area (Å²) in [5.41, 5.74) is -0.557. The third-order valence-corrected chi connectivity index (χ3v) is 12.3. The summed E-state index contributed by atoms with van der Waals surface area (Å²) in [5.74, 6) is -0.902. The number of rotatable bonds is 10. The van der Waals surface area contributed by atoms with Crippen molar-refractivity contribution in [2.75, 3.05) is 0 Å². The molecule has 0 amide bonds. The summed E-state index contributed by atoms with van der Waals surface area (Å²) in [6.07, 6.45) is -0.797. The quantitative estimate of drug-likeness (QED) is 0.139. The molecule has 0 aliphatic heterocycles. The van der Waals surface area contributed by atoms with Gasteiger partial charge in [-0.25, -0.2) is 4.98 Å². The molecule has 354 valence electrons. The SMILES string of the molecule is [2H]c1nc(-c2[c-]c(-c3cccc4c3nc(-c3cc(C(C)C)cc(C(C)C)c3O)n4-c3ccc(-c4cc(C(C)C)cc(C([2H])(C)C)c4)cc3C([2H])([2H])[2H])cc(C(C)(C)C)c2)c([2H])c(-c2c([2H])c([2H])c(C(C([2H])([2H])[2H])(C([2H])([2H])[2H])C([2H])([2H])[2H])c([2H])c2[2H])c1[2H].[Pt]. The van der Waals surface area contributed by atoms with Gasteiger partial charge in [-0.2, -0.15) is 0 Å². The molecule has 6 aromatic carbocycles. The van der Waals surface area contributed by atoms with Crippen molar-refractivity contribution in [3.63, 3.8) is 0 Å². The fourth-order valence-corrected chi connectivity index (χ4v) is 8.19. The largest absolute Gasteiger partial charge is 0.507 e. The van der Waals surface area contributed by atoms with Crippen LogP contribution in [0, 0.1) is 12.9 Å². The van der Waals surface area contributed by atoms with E-state index in [2.05, 4.69) is 24.9 Å². The minimum Gasteiger partial charge on any atom is -0.507 e. The second-order valence-corrected chi connectivity index (χ2v) is 19.6. The van der Waals surface area contributed by atoms with E-state index >= 15 is 0 Å². The molecule has 0 spiro atoms. The van der Waals surface area contributed by atoms with Crippen LogP contribution < -0.4 is 0 Å². The Morgan fingerprint density at radius 3 is 2.00 bits per heavy atom. The maximum atomic E-state index is 12.4. The summed E-state index contributed by atoms with van der Waals surface area (Å²) in [7, 11) is 0. The molecule has 0 aliphatic rings. The predicted octanol–water partition coefficient (Wildman–Crippen LogP) is 17.7. The van der Waals surface area contributed by atoms with E-state index in [1.54, 1.807) is 54.8 Å². The summed E-state index contributed by atoms with van der Waals surface area (Å²) >= 11 is 0. The van der Waals surface area contributed by atoms with Crippen LogP contribution in [-0.4, -0.2) is 19.6 Å². The summed E-state index contributed by atoms with van der Waals surface area (Å²) in [6.45, 7) is 6.82. The van der Waals surface area contributed by atoms with Crippen LogP contribution in [0.5, 0.6) is 5.75 Å². The van der Waals surface area contributed by atoms with Crippen molar-refractivity contribution < 1.29 is 53.6 Å². The molecular formula is C63H70N3OPt-. The van der Waals surface area contributed by atoms with Crippen molar-refractivity contribution >= 4 is 11.0 Å². The average molecular weight is 1100 g/mol. The molecule has 0 saturated heterocycles. The molecule has 68 heavy (non-hydrogen) atoms. The van der Waals surface area contributed by atoms with E-state index in [4.69, 9.17) is 28.3 Å². The van der Waals surface area contributed by atoms with E-state index in [0.717, 1.165) is 22.3 Å². The van der Waals surface area contributed by atoms with Crippen LogP contribution in [0.3, 0.4) is 0 Å². The third-order valence-electron chi connectivity index (χ3n) is 12.3. The number of benzene rings is 6. The maximum Gasteiger partial charge on any atom is 0.148 e. The van der Waals surface area contributed by atoms with Crippen LogP contribution in [0.1, 0.15) is 187 Å². The zero-order valence-electron chi connectivity index (χ0n) is 60.3. The molecule has 0 aliphatic carbocycles. The van der Waals surface area contributed by atoms with Gasteiger partial charge in [0.05, 0.1) is 31.9 Å². The molecule has 0 unspecified atom stereocenters. The van der Waals surface area contributed by atoms with Crippen molar-refractivity contribution in [3.05, 3.63) is 166 Å². The van der Waals surface area contributed by atoms with Crippen LogP contribution in [0.4, 0.5) is 0 Å². The topological polar surface area (TPSA) is 50.9 Å². The first-order valence-electron chi connectivity index (χ1n) is 32.6. The van der Waals surface area contributed by atoms with Crippen LogP contribution in [-0.2, 0) is 31.9 Å². The Kier molecular flexibility index (Phi) is 8.61. The number of nitrogens with zero attached hydrogens (tertiary/aromatic N) is 3. The van der Waals surface area contributed by atoms with Gasteiger partial charge in [-0.1, -0.05) is 181 Å². The smallest absolute Gasteiger partial charge is 0.148 e. The minimum atomic E-state index is -3.96. The molecule has 0 atom stereocenters. The average Bonchev–Trinajstić information content (AvgIpc) is 0.721. The summed E-state index contributed by atoms with van der Waals surface area (Å²) in [6, 6.07) is 20.5. The van der Waals surface area contributed by atoms with E-state index in [-0.39, 0.29) is 72.9 Å². The first kappa shape index (κ1) is 30.1. The van der Waals surface area contributed by atoms with Crippen molar-refractivity contribution in [3.8, 4) is 67.5 Å². The molecule has 0 saturated carbocycles. The van der Waals surface area contributed by atoms with Gasteiger partial charge in [0, 0.05) is 50.8 Å². The first-order valence-corrected chi connectivity index (χ1v) is 22.6. The third kappa shape index (κ3) is 10.1. The number of phenols is 1. The monoisotopic (exact) mass is 1100 g/mol. The number of imidazole rings is 1. The Hall–Kier alpha value is -5.57. The normalized spacial score (nSPS) is 17.4. The molecule has 4 nitrogen and oxygen atoms in total. The van der Waals surface area contributed by atoms with E-state index in [0.29, 0.717) is 44.4 Å². The Balaban J connectivity index is 0.0000110. The number of aromatic nitrogens is 3. The van der Waals surface area contributed by atoms with Gasteiger partial charge in [0.2, 0.25) is 0 Å². The van der Waals surface area contributed by atoms with Gasteiger partial charge >= 0.3 is 0 Å². The number of aromatic hydroxyl groups is 1. The zero-order valence-corrected chi connectivity index (χ0v) is 42.6. The van der Waals surface area contributed by atoms with Gasteiger partial charge in [0.1, 0.15) is 11.6 Å². The second-order valence-electron chi connectivity index (χ2n) is 19.6. The number of fused-ring (bicyclic) bond motifs is 1. The Morgan fingerprint density at radius 2 is 1.35 bits per heavy atom. The number of phenolic OH excluding ortho intramolecular Hbond substituents is 1. The van der Waals surface area contributed by atoms with Gasteiger partial charge in [-0.3, -0.25) is 9.55 Å². The predicted molar refractivity (Wildman–Crippen MR) is 285 cm³/mol. The Morgan fingerprint density at radius 1 is 0.662 bits per heavy atom. The maximum absolute atomic E-state index is 12.4. The van der Waals surface area contributed by atoms with Crippen molar-refractivity contribution in [2.24, 2.45) is 0 Å². The van der Waals surface area contributed by atoms with E-state index in [1.807, 2.05) is 90.9 Å². The van der Waals surface area contributed by atoms with Gasteiger partial charge in [-0.05, 0) is 127 Å². The zero-order chi connectivity index (χ0) is 65.3. The molecule has 0 bridgehead atoms. The van der Waals surface area contributed by atoms with Gasteiger partial charge < -0.3 is 5.11 Å². The van der Waals surface area contributed by atoms with Crippen molar-refractivity contribution in [2.45, 2.75) is 138 Å². The second kappa shape index (κ2) is 19.4. The molecule has 2 heterocycles. The molecule has 0 radical (unpaired) electrons. The van der Waals surface area contributed by atoms with Crippen LogP contribution in [0.25, 0.3) is 72.7 Å². The summed E-state index contributed by atoms with van der Waals surface area (Å²) in [5, 5.41) is 12.4. The summed E-state index contributed by atoms with van der Waals surface area (Å²) in [4.78, 5) is 9.72. The Bertz CT molecular complexity index is 3980. The standard InChI is InChI=1S/C63H70N3O.Pt/c1-37(2)45-28-46(38(3)4)30-48(29-45)43-21-24-57(41(9)27-43)66-58-18-16-17-53(59(58)65-61(66)55-35-47(39(5)6)34-54(40(7)8)60(55)67)49-31-50(33-52(32-49)63(13,14)15)56-36-44(25-26-64-56)42-19-22-51(23-20-42)62(10,11)12;/h16-30,32-40,67H,1-15H3;/q-1;/i9D3,10D3,11D3,12D3,19D,20D,22D,23D,25D,26D,36D,37D;.